The highest BCUT2D eigenvalue weighted by molar-refractivity contribution is 5.78. The fourth-order valence-electron chi connectivity index (χ4n) is 3.31. The summed E-state index contributed by atoms with van der Waals surface area (Å²) in [6.45, 7) is -0.00950. The minimum absolute atomic E-state index is 0.0133. The average Bonchev–Trinajstić information content (AvgIpc) is 2.85. The summed E-state index contributed by atoms with van der Waals surface area (Å²) < 4.78 is 21.0. The summed E-state index contributed by atoms with van der Waals surface area (Å²) in [5, 5.41) is 14.8. The molecule has 0 aliphatic rings. The van der Waals surface area contributed by atoms with Gasteiger partial charge in [0.05, 0.1) is 24.6 Å². The Bertz CT molecular complexity index is 1410. The number of esters is 1. The summed E-state index contributed by atoms with van der Waals surface area (Å²) in [6, 6.07) is 15.3. The van der Waals surface area contributed by atoms with Gasteiger partial charge in [-0.25, -0.2) is 9.18 Å². The van der Waals surface area contributed by atoms with Crippen LogP contribution < -0.4 is 26.6 Å². The van der Waals surface area contributed by atoms with Gasteiger partial charge in [0.15, 0.2) is 0 Å². The standard InChI is InChI=1S/C25H24FN5O5/c1-30-23(33)14-21(31(25(30)35)16-18-13-19(26)8-7-17(18)15-27)28-11-9-22(32)29-12-10-24(34)36-20-5-3-2-4-6-20/h2-8,13-14,28H,9-12,16H2,1H3,(H,29,32). The second-order valence-corrected chi connectivity index (χ2v) is 7.77. The molecule has 0 bridgehead atoms. The number of aromatic nitrogens is 2. The summed E-state index contributed by atoms with van der Waals surface area (Å²) in [5.74, 6) is -0.878. The van der Waals surface area contributed by atoms with Gasteiger partial charge in [0.25, 0.3) is 5.56 Å². The molecule has 0 aliphatic carbocycles. The molecule has 0 radical (unpaired) electrons. The molecule has 0 fully saturated rings. The number of nitrogens with zero attached hydrogens (tertiary/aromatic N) is 3. The van der Waals surface area contributed by atoms with E-state index in [4.69, 9.17) is 4.74 Å². The number of carbonyl (C=O) groups excluding carboxylic acids is 2. The van der Waals surface area contributed by atoms with Crippen LogP contribution in [0.2, 0.25) is 0 Å². The van der Waals surface area contributed by atoms with Gasteiger partial charge in [-0.1, -0.05) is 18.2 Å². The summed E-state index contributed by atoms with van der Waals surface area (Å²) >= 11 is 0. The molecule has 3 aromatic rings. The number of benzene rings is 2. The largest absolute Gasteiger partial charge is 0.426 e. The van der Waals surface area contributed by atoms with Crippen molar-refractivity contribution in [3.63, 3.8) is 0 Å². The van der Waals surface area contributed by atoms with Gasteiger partial charge < -0.3 is 15.4 Å². The fourth-order valence-corrected chi connectivity index (χ4v) is 3.31. The van der Waals surface area contributed by atoms with Crippen LogP contribution in [0.15, 0.2) is 64.2 Å². The molecule has 186 valence electrons. The highest BCUT2D eigenvalue weighted by atomic mass is 19.1. The zero-order valence-electron chi connectivity index (χ0n) is 19.5. The third-order valence-electron chi connectivity index (χ3n) is 5.20. The van der Waals surface area contributed by atoms with Crippen molar-refractivity contribution < 1.29 is 18.7 Å². The first-order chi connectivity index (χ1) is 17.3. The summed E-state index contributed by atoms with van der Waals surface area (Å²) in [7, 11) is 1.30. The molecule has 11 heteroatoms. The number of carbonyl (C=O) groups is 2. The number of para-hydroxylation sites is 1. The topological polar surface area (TPSA) is 135 Å². The zero-order valence-corrected chi connectivity index (χ0v) is 19.5. The maximum atomic E-state index is 13.7. The minimum Gasteiger partial charge on any atom is -0.426 e. The van der Waals surface area contributed by atoms with Crippen molar-refractivity contribution in [1.82, 2.24) is 14.5 Å². The van der Waals surface area contributed by atoms with E-state index in [0.29, 0.717) is 5.75 Å². The first-order valence-corrected chi connectivity index (χ1v) is 11.0. The van der Waals surface area contributed by atoms with Crippen LogP contribution in [-0.2, 0) is 23.2 Å². The number of nitrogens with one attached hydrogen (secondary N) is 2. The number of nitriles is 1. The van der Waals surface area contributed by atoms with Gasteiger partial charge in [-0.05, 0) is 35.9 Å². The molecular weight excluding hydrogens is 469 g/mol. The van der Waals surface area contributed by atoms with Gasteiger partial charge in [-0.2, -0.15) is 5.26 Å². The number of amides is 1. The van der Waals surface area contributed by atoms with Crippen molar-refractivity contribution >= 4 is 17.7 Å². The van der Waals surface area contributed by atoms with E-state index >= 15 is 0 Å². The predicted octanol–water partition coefficient (Wildman–Crippen LogP) is 1.52. The number of halogens is 1. The third-order valence-corrected chi connectivity index (χ3v) is 5.20. The third kappa shape index (κ3) is 6.89. The molecule has 0 atom stereocenters. The van der Waals surface area contributed by atoms with E-state index in [1.165, 1.54) is 23.7 Å². The van der Waals surface area contributed by atoms with E-state index in [1.807, 2.05) is 6.07 Å². The Labute approximate surface area is 205 Å². The smallest absolute Gasteiger partial charge is 0.332 e. The fraction of sp³-hybridized carbons (Fsp3) is 0.240. The van der Waals surface area contributed by atoms with Crippen LogP contribution in [0.3, 0.4) is 0 Å². The number of rotatable bonds is 10. The summed E-state index contributed by atoms with van der Waals surface area (Å²) in [5.41, 5.74) is -0.783. The lowest BCUT2D eigenvalue weighted by Gasteiger charge is -2.16. The lowest BCUT2D eigenvalue weighted by Crippen LogP contribution is -2.39. The lowest BCUT2D eigenvalue weighted by molar-refractivity contribution is -0.134. The highest BCUT2D eigenvalue weighted by Gasteiger charge is 2.13. The Morgan fingerprint density at radius 2 is 1.81 bits per heavy atom. The van der Waals surface area contributed by atoms with Gasteiger partial charge in [-0.15, -0.1) is 0 Å². The van der Waals surface area contributed by atoms with Crippen molar-refractivity contribution in [2.45, 2.75) is 19.4 Å². The van der Waals surface area contributed by atoms with Gasteiger partial charge in [0.2, 0.25) is 5.91 Å². The first kappa shape index (κ1) is 25.9. The molecular formula is C25H24FN5O5. The number of hydrogen-bond donors (Lipinski definition) is 2. The molecule has 0 spiro atoms. The maximum absolute atomic E-state index is 13.7. The van der Waals surface area contributed by atoms with Crippen molar-refractivity contribution in [2.75, 3.05) is 18.4 Å². The molecule has 1 amide bonds. The van der Waals surface area contributed by atoms with Crippen LogP contribution >= 0.6 is 0 Å². The molecule has 0 saturated carbocycles. The van der Waals surface area contributed by atoms with Crippen molar-refractivity contribution in [3.05, 3.63) is 92.4 Å². The van der Waals surface area contributed by atoms with E-state index in [2.05, 4.69) is 10.6 Å². The van der Waals surface area contributed by atoms with Gasteiger partial charge in [0.1, 0.15) is 17.4 Å². The molecule has 3 rings (SSSR count). The zero-order chi connectivity index (χ0) is 26.1. The number of hydrogen-bond acceptors (Lipinski definition) is 7. The van der Waals surface area contributed by atoms with E-state index in [-0.39, 0.29) is 55.3 Å². The Kier molecular flexibility index (Phi) is 8.72. The molecule has 0 aliphatic heterocycles. The van der Waals surface area contributed by atoms with Crippen LogP contribution in [-0.4, -0.2) is 34.1 Å². The molecule has 0 unspecified atom stereocenters. The monoisotopic (exact) mass is 493 g/mol. The summed E-state index contributed by atoms with van der Waals surface area (Å²) in [6.07, 6.45) is -0.0300. The molecule has 10 nitrogen and oxygen atoms in total. The Balaban J connectivity index is 1.58. The predicted molar refractivity (Wildman–Crippen MR) is 129 cm³/mol. The Hall–Kier alpha value is -4.72. The lowest BCUT2D eigenvalue weighted by atomic mass is 10.1. The van der Waals surface area contributed by atoms with Crippen molar-refractivity contribution in [1.29, 1.82) is 5.26 Å². The van der Waals surface area contributed by atoms with Gasteiger partial charge >= 0.3 is 11.7 Å². The minimum atomic E-state index is -0.667. The molecule has 2 N–H and O–H groups in total. The van der Waals surface area contributed by atoms with Gasteiger partial charge in [-0.3, -0.25) is 23.5 Å². The SMILES string of the molecule is Cn1c(=O)cc(NCCC(=O)NCCC(=O)Oc2ccccc2)n(Cc2cc(F)ccc2C#N)c1=O. The van der Waals surface area contributed by atoms with Crippen LogP contribution in [0, 0.1) is 17.1 Å². The second kappa shape index (κ2) is 12.1. The highest BCUT2D eigenvalue weighted by Crippen LogP contribution is 2.14. The number of anilines is 1. The molecule has 36 heavy (non-hydrogen) atoms. The van der Waals surface area contributed by atoms with E-state index < -0.39 is 23.0 Å². The Morgan fingerprint density at radius 1 is 1.06 bits per heavy atom. The summed E-state index contributed by atoms with van der Waals surface area (Å²) in [4.78, 5) is 48.9. The normalized spacial score (nSPS) is 10.4. The van der Waals surface area contributed by atoms with Crippen LogP contribution in [0.4, 0.5) is 10.2 Å². The van der Waals surface area contributed by atoms with Crippen LogP contribution in [0.25, 0.3) is 0 Å². The Morgan fingerprint density at radius 3 is 2.53 bits per heavy atom. The molecule has 1 heterocycles. The van der Waals surface area contributed by atoms with E-state index in [1.54, 1.807) is 30.3 Å². The van der Waals surface area contributed by atoms with E-state index in [9.17, 15) is 28.8 Å². The quantitative estimate of drug-likeness (QED) is 0.323. The van der Waals surface area contributed by atoms with Gasteiger partial charge in [0, 0.05) is 32.6 Å². The van der Waals surface area contributed by atoms with Crippen molar-refractivity contribution in [3.8, 4) is 11.8 Å². The van der Waals surface area contributed by atoms with E-state index in [0.717, 1.165) is 16.7 Å². The maximum Gasteiger partial charge on any atom is 0.332 e. The second-order valence-electron chi connectivity index (χ2n) is 7.77. The average molecular weight is 493 g/mol. The van der Waals surface area contributed by atoms with Crippen LogP contribution in [0.1, 0.15) is 24.0 Å². The van der Waals surface area contributed by atoms with Crippen LogP contribution in [0.5, 0.6) is 5.75 Å². The first-order valence-electron chi connectivity index (χ1n) is 11.0. The van der Waals surface area contributed by atoms with Crippen molar-refractivity contribution in [2.24, 2.45) is 7.05 Å². The molecule has 1 aromatic heterocycles. The molecule has 2 aromatic carbocycles. The molecule has 0 saturated heterocycles. The number of ether oxygens (including phenoxy) is 1.